The molecule has 0 aliphatic carbocycles. The summed E-state index contributed by atoms with van der Waals surface area (Å²) in [5, 5.41) is 23.1. The lowest BCUT2D eigenvalue weighted by molar-refractivity contribution is -0.123. The quantitative estimate of drug-likeness (QED) is 0.0423. The van der Waals surface area contributed by atoms with Gasteiger partial charge >= 0.3 is 0 Å². The fourth-order valence-corrected chi connectivity index (χ4v) is 8.35. The van der Waals surface area contributed by atoms with Crippen molar-refractivity contribution in [3.63, 3.8) is 0 Å². The summed E-state index contributed by atoms with van der Waals surface area (Å²) in [6.45, 7) is 4.34. The molecule has 0 fully saturated rings. The van der Waals surface area contributed by atoms with Crippen molar-refractivity contribution in [2.24, 2.45) is 0 Å². The second-order valence-electron chi connectivity index (χ2n) is 18.3. The Bertz CT molecular complexity index is 840. The van der Waals surface area contributed by atoms with Crippen LogP contribution < -0.4 is 5.32 Å². The summed E-state index contributed by atoms with van der Waals surface area (Å²) in [5.74, 6) is -0.0640. The van der Waals surface area contributed by atoms with Crippen LogP contribution in [-0.4, -0.2) is 34.9 Å². The molecule has 344 valence electrons. The van der Waals surface area contributed by atoms with E-state index in [1.54, 1.807) is 6.08 Å². The number of allylic oxidation sites excluding steroid dienone is 3. The highest BCUT2D eigenvalue weighted by Crippen LogP contribution is 2.17. The lowest BCUT2D eigenvalue weighted by Crippen LogP contribution is -2.45. The highest BCUT2D eigenvalue weighted by Gasteiger charge is 2.18. The van der Waals surface area contributed by atoms with Crippen LogP contribution in [0.3, 0.4) is 0 Å². The predicted octanol–water partition coefficient (Wildman–Crippen LogP) is 17.1. The van der Waals surface area contributed by atoms with Gasteiger partial charge < -0.3 is 15.5 Å². The number of aliphatic hydroxyl groups is 2. The Labute approximate surface area is 364 Å². The van der Waals surface area contributed by atoms with E-state index in [-0.39, 0.29) is 12.5 Å². The van der Waals surface area contributed by atoms with Crippen molar-refractivity contribution >= 4 is 5.91 Å². The summed E-state index contributed by atoms with van der Waals surface area (Å²) in [4.78, 5) is 12.4. The van der Waals surface area contributed by atoms with Gasteiger partial charge in [-0.2, -0.15) is 0 Å². The molecule has 1 amide bonds. The monoisotopic (exact) mass is 816 g/mol. The third kappa shape index (κ3) is 45.9. The van der Waals surface area contributed by atoms with Crippen molar-refractivity contribution in [3.8, 4) is 0 Å². The molecule has 2 atom stereocenters. The zero-order valence-electron chi connectivity index (χ0n) is 39.6. The fraction of sp³-hybridized carbons (Fsp3) is 0.907. The molecule has 0 aliphatic heterocycles. The van der Waals surface area contributed by atoms with E-state index in [4.69, 9.17) is 0 Å². The van der Waals surface area contributed by atoms with Crippen LogP contribution in [0.25, 0.3) is 0 Å². The van der Waals surface area contributed by atoms with E-state index in [1.165, 1.54) is 250 Å². The van der Waals surface area contributed by atoms with Crippen molar-refractivity contribution in [3.05, 3.63) is 24.3 Å². The first-order valence-electron chi connectivity index (χ1n) is 26.6. The molecule has 2 unspecified atom stereocenters. The first kappa shape index (κ1) is 56.9. The van der Waals surface area contributed by atoms with Gasteiger partial charge in [0.1, 0.15) is 0 Å². The maximum absolute atomic E-state index is 12.4. The van der Waals surface area contributed by atoms with Crippen LogP contribution in [0.4, 0.5) is 0 Å². The van der Waals surface area contributed by atoms with Gasteiger partial charge in [0.05, 0.1) is 18.8 Å². The molecule has 0 radical (unpaired) electrons. The lowest BCUT2D eigenvalue weighted by Gasteiger charge is -2.20. The van der Waals surface area contributed by atoms with Crippen molar-refractivity contribution in [2.75, 3.05) is 6.61 Å². The van der Waals surface area contributed by atoms with Gasteiger partial charge in [0.25, 0.3) is 0 Å². The Kier molecular flexibility index (Phi) is 49.2. The molecule has 0 aromatic heterocycles. The first-order chi connectivity index (χ1) is 28.7. The lowest BCUT2D eigenvalue weighted by atomic mass is 10.0. The average Bonchev–Trinajstić information content (AvgIpc) is 3.23. The third-order valence-electron chi connectivity index (χ3n) is 12.4. The predicted molar refractivity (Wildman–Crippen MR) is 258 cm³/mol. The van der Waals surface area contributed by atoms with Gasteiger partial charge in [-0.15, -0.1) is 0 Å². The van der Waals surface area contributed by atoms with E-state index < -0.39 is 12.1 Å². The highest BCUT2D eigenvalue weighted by atomic mass is 16.3. The topological polar surface area (TPSA) is 69.6 Å². The third-order valence-corrected chi connectivity index (χ3v) is 12.4. The molecule has 0 aliphatic rings. The summed E-state index contributed by atoms with van der Waals surface area (Å²) >= 11 is 0. The molecule has 58 heavy (non-hydrogen) atoms. The molecular weight excluding hydrogens is 711 g/mol. The minimum Gasteiger partial charge on any atom is -0.394 e. The van der Waals surface area contributed by atoms with E-state index in [0.29, 0.717) is 6.42 Å². The van der Waals surface area contributed by atoms with Crippen LogP contribution in [0.2, 0.25) is 0 Å². The van der Waals surface area contributed by atoms with Gasteiger partial charge in [-0.25, -0.2) is 0 Å². The number of unbranched alkanes of at least 4 members (excludes halogenated alkanes) is 40. The standard InChI is InChI=1S/C54H105NO3/c1-3-5-7-9-11-13-15-17-19-21-23-25-26-27-28-30-31-33-35-37-39-41-43-45-47-49-53(57)52(51-56)55-54(58)50-48-46-44-42-40-38-36-34-32-29-24-22-20-18-16-14-12-10-8-6-4-2/h29,32,47,49,52-53,56-57H,3-28,30-31,33-46,48,50-51H2,1-2H3,(H,55,58)/b32-29-,49-47+. The Morgan fingerprint density at radius 2 is 0.655 bits per heavy atom. The van der Waals surface area contributed by atoms with E-state index in [2.05, 4.69) is 31.3 Å². The molecule has 0 heterocycles. The largest absolute Gasteiger partial charge is 0.394 e. The highest BCUT2D eigenvalue weighted by molar-refractivity contribution is 5.76. The first-order valence-corrected chi connectivity index (χ1v) is 26.6. The number of hydrogen-bond donors (Lipinski definition) is 3. The molecule has 0 aromatic carbocycles. The van der Waals surface area contributed by atoms with Gasteiger partial charge in [0.15, 0.2) is 0 Å². The van der Waals surface area contributed by atoms with Gasteiger partial charge in [-0.05, 0) is 44.9 Å². The zero-order valence-corrected chi connectivity index (χ0v) is 39.6. The zero-order chi connectivity index (χ0) is 42.1. The van der Waals surface area contributed by atoms with E-state index in [9.17, 15) is 15.0 Å². The number of carbonyl (C=O) groups is 1. The Morgan fingerprint density at radius 3 is 0.948 bits per heavy atom. The SMILES string of the molecule is CCCCCCCCCCCC/C=C\CCCCCCCCCC(=O)NC(CO)C(O)/C=C/CCCCCCCCCCCCCCCCCCCCCCCCC. The number of rotatable bonds is 49. The maximum atomic E-state index is 12.4. The molecule has 0 aromatic rings. The summed E-state index contributed by atoms with van der Waals surface area (Å²) in [6, 6.07) is -0.623. The van der Waals surface area contributed by atoms with Gasteiger partial charge in [-0.3, -0.25) is 4.79 Å². The normalized spacial score (nSPS) is 13.0. The molecule has 0 spiro atoms. The summed E-state index contributed by atoms with van der Waals surface area (Å²) < 4.78 is 0. The second-order valence-corrected chi connectivity index (χ2v) is 18.3. The van der Waals surface area contributed by atoms with Crippen molar-refractivity contribution in [1.29, 1.82) is 0 Å². The van der Waals surface area contributed by atoms with Gasteiger partial charge in [0, 0.05) is 6.42 Å². The van der Waals surface area contributed by atoms with Crippen molar-refractivity contribution in [1.82, 2.24) is 5.32 Å². The second kappa shape index (κ2) is 50.2. The van der Waals surface area contributed by atoms with Crippen molar-refractivity contribution < 1.29 is 15.0 Å². The summed E-state index contributed by atoms with van der Waals surface area (Å²) in [5.41, 5.74) is 0. The minimum absolute atomic E-state index is 0.0640. The molecule has 0 bridgehead atoms. The Balaban J connectivity index is 3.50. The number of amides is 1. The minimum atomic E-state index is -0.840. The molecular formula is C54H105NO3. The molecule has 4 heteroatoms. The van der Waals surface area contributed by atoms with Crippen LogP contribution >= 0.6 is 0 Å². The fourth-order valence-electron chi connectivity index (χ4n) is 8.35. The van der Waals surface area contributed by atoms with Crippen LogP contribution in [0.15, 0.2) is 24.3 Å². The summed E-state index contributed by atoms with van der Waals surface area (Å²) in [6.07, 6.45) is 66.1. The number of hydrogen-bond acceptors (Lipinski definition) is 3. The number of nitrogens with one attached hydrogen (secondary N) is 1. The molecule has 0 rings (SSSR count). The smallest absolute Gasteiger partial charge is 0.220 e. The van der Waals surface area contributed by atoms with E-state index >= 15 is 0 Å². The number of carbonyl (C=O) groups excluding carboxylic acids is 1. The van der Waals surface area contributed by atoms with Crippen LogP contribution in [0.5, 0.6) is 0 Å². The maximum Gasteiger partial charge on any atom is 0.220 e. The van der Waals surface area contributed by atoms with Gasteiger partial charge in [-0.1, -0.05) is 269 Å². The Hall–Kier alpha value is -1.13. The molecule has 3 N–H and O–H groups in total. The molecule has 0 saturated heterocycles. The van der Waals surface area contributed by atoms with Gasteiger partial charge in [0.2, 0.25) is 5.91 Å². The average molecular weight is 816 g/mol. The molecule has 0 saturated carbocycles. The van der Waals surface area contributed by atoms with Crippen LogP contribution in [-0.2, 0) is 4.79 Å². The van der Waals surface area contributed by atoms with Crippen LogP contribution in [0, 0.1) is 0 Å². The summed E-state index contributed by atoms with van der Waals surface area (Å²) in [7, 11) is 0. The van der Waals surface area contributed by atoms with E-state index in [0.717, 1.165) is 25.7 Å². The molecule has 4 nitrogen and oxygen atoms in total. The van der Waals surface area contributed by atoms with Crippen LogP contribution in [0.1, 0.15) is 296 Å². The number of aliphatic hydroxyl groups excluding tert-OH is 2. The van der Waals surface area contributed by atoms with E-state index in [1.807, 2.05) is 6.08 Å². The van der Waals surface area contributed by atoms with Crippen molar-refractivity contribution in [2.45, 2.75) is 309 Å². The Morgan fingerprint density at radius 1 is 0.397 bits per heavy atom.